The minimum absolute atomic E-state index is 0.00100. The summed E-state index contributed by atoms with van der Waals surface area (Å²) >= 11 is 0. The average Bonchev–Trinajstić information content (AvgIpc) is 2.70. The van der Waals surface area contributed by atoms with Crippen LogP contribution in [0.5, 0.6) is 0 Å². The summed E-state index contributed by atoms with van der Waals surface area (Å²) < 4.78 is 23.1. The van der Waals surface area contributed by atoms with Crippen molar-refractivity contribution < 1.29 is 8.42 Å². The molecule has 0 bridgehead atoms. The first-order valence-electron chi connectivity index (χ1n) is 6.11. The molecule has 0 radical (unpaired) electrons. The molecule has 3 rings (SSSR count). The normalized spacial score (nSPS) is 22.1. The number of nitrogens with two attached hydrogens (primary N) is 1. The van der Waals surface area contributed by atoms with E-state index in [0.717, 1.165) is 0 Å². The highest BCUT2D eigenvalue weighted by atomic mass is 32.2. The zero-order chi connectivity index (χ0) is 14.3. The van der Waals surface area contributed by atoms with Gasteiger partial charge in [-0.25, -0.2) is 13.4 Å². The Balaban J connectivity index is 1.88. The third-order valence-electron chi connectivity index (χ3n) is 3.17. The summed E-state index contributed by atoms with van der Waals surface area (Å²) in [5, 5.41) is 3.12. The third-order valence-corrected chi connectivity index (χ3v) is 4.91. The van der Waals surface area contributed by atoms with Crippen LogP contribution >= 0.6 is 0 Å². The molecule has 1 aliphatic rings. The van der Waals surface area contributed by atoms with Gasteiger partial charge in [0.25, 0.3) is 5.56 Å². The van der Waals surface area contributed by atoms with Gasteiger partial charge < -0.3 is 16.0 Å². The highest BCUT2D eigenvalue weighted by molar-refractivity contribution is 7.91. The summed E-state index contributed by atoms with van der Waals surface area (Å²) in [5.41, 5.74) is 5.53. The molecule has 2 aromatic heterocycles. The number of rotatable bonds is 2. The van der Waals surface area contributed by atoms with E-state index in [2.05, 4.69) is 25.3 Å². The number of hydrogen-bond acceptors (Lipinski definition) is 7. The van der Waals surface area contributed by atoms with Crippen LogP contribution in [0.15, 0.2) is 4.79 Å². The van der Waals surface area contributed by atoms with Crippen molar-refractivity contribution in [3.05, 3.63) is 16.2 Å². The van der Waals surface area contributed by atoms with Gasteiger partial charge in [-0.1, -0.05) is 0 Å². The Morgan fingerprint density at radius 2 is 2.10 bits per heavy atom. The maximum absolute atomic E-state index is 11.6. The summed E-state index contributed by atoms with van der Waals surface area (Å²) in [6, 6.07) is -0.217. The molecule has 1 saturated heterocycles. The molecule has 1 unspecified atom stereocenters. The Labute approximate surface area is 113 Å². The van der Waals surface area contributed by atoms with Crippen LogP contribution in [0.4, 0.5) is 5.95 Å². The maximum Gasteiger partial charge on any atom is 0.278 e. The van der Waals surface area contributed by atoms with Crippen molar-refractivity contribution in [3.63, 3.8) is 0 Å². The van der Waals surface area contributed by atoms with Gasteiger partial charge in [0.05, 0.1) is 11.5 Å². The largest absolute Gasteiger partial charge is 0.369 e. The first-order valence-corrected chi connectivity index (χ1v) is 7.93. The van der Waals surface area contributed by atoms with E-state index in [1.807, 2.05) is 0 Å². The van der Waals surface area contributed by atoms with Crippen LogP contribution in [0.3, 0.4) is 0 Å². The van der Waals surface area contributed by atoms with Gasteiger partial charge in [0, 0.05) is 19.0 Å². The zero-order valence-electron chi connectivity index (χ0n) is 10.5. The molecule has 1 aliphatic heterocycles. The van der Waals surface area contributed by atoms with Crippen LogP contribution in [0.1, 0.15) is 5.82 Å². The molecule has 20 heavy (non-hydrogen) atoms. The maximum atomic E-state index is 11.6. The van der Waals surface area contributed by atoms with Crippen molar-refractivity contribution in [1.82, 2.24) is 25.3 Å². The van der Waals surface area contributed by atoms with E-state index >= 15 is 0 Å². The number of H-pyrrole nitrogens is 2. The number of hydrogen-bond donors (Lipinski definition) is 4. The van der Waals surface area contributed by atoms with E-state index in [-0.39, 0.29) is 34.7 Å². The fraction of sp³-hybridized carbons (Fsp3) is 0.500. The second-order valence-corrected chi connectivity index (χ2v) is 7.03. The fourth-order valence-electron chi connectivity index (χ4n) is 2.30. The number of nitrogen functional groups attached to an aromatic ring is 1. The molecule has 2 aromatic rings. The number of nitrogens with one attached hydrogen (secondary N) is 3. The van der Waals surface area contributed by atoms with Crippen molar-refractivity contribution in [1.29, 1.82) is 0 Å². The molecule has 3 heterocycles. The molecule has 0 aliphatic carbocycles. The second kappa shape index (κ2) is 4.56. The van der Waals surface area contributed by atoms with Crippen LogP contribution in [-0.2, 0) is 16.3 Å². The first-order chi connectivity index (χ1) is 9.43. The molecule has 1 atom stereocenters. The first kappa shape index (κ1) is 13.1. The van der Waals surface area contributed by atoms with Gasteiger partial charge in [0.2, 0.25) is 5.95 Å². The number of imidazole rings is 1. The van der Waals surface area contributed by atoms with Gasteiger partial charge in [0.1, 0.15) is 5.82 Å². The molecule has 1 fully saturated rings. The average molecular weight is 298 g/mol. The molecule has 0 spiro atoms. The Hall–Kier alpha value is -1.94. The molecule has 108 valence electrons. The van der Waals surface area contributed by atoms with E-state index < -0.39 is 15.4 Å². The molecule has 9 nitrogen and oxygen atoms in total. The monoisotopic (exact) mass is 298 g/mol. The topological polar surface area (TPSA) is 147 Å². The number of nitrogens with zero attached hydrogens (tertiary/aromatic N) is 2. The van der Waals surface area contributed by atoms with Gasteiger partial charge in [-0.2, -0.15) is 4.98 Å². The number of fused-ring (bicyclic) bond motifs is 1. The van der Waals surface area contributed by atoms with Crippen LogP contribution in [0.2, 0.25) is 0 Å². The zero-order valence-corrected chi connectivity index (χ0v) is 11.3. The number of aromatic nitrogens is 4. The summed E-state index contributed by atoms with van der Waals surface area (Å²) in [6.45, 7) is 0.430. The Morgan fingerprint density at radius 3 is 2.85 bits per heavy atom. The lowest BCUT2D eigenvalue weighted by Gasteiger charge is -2.22. The highest BCUT2D eigenvalue weighted by Gasteiger charge is 2.25. The standard InChI is InChI=1S/C10H14N6O3S/c11-10-15-8-7(9(17)16-10)13-6(14-8)3-5-4-20(18,19)2-1-12-5/h5,12H,1-4H2,(H4,11,13,14,15,16,17). The molecule has 5 N–H and O–H groups in total. The molecule has 0 aromatic carbocycles. The van der Waals surface area contributed by atoms with E-state index in [4.69, 9.17) is 5.73 Å². The Morgan fingerprint density at radius 1 is 1.30 bits per heavy atom. The van der Waals surface area contributed by atoms with Gasteiger partial charge in [-0.3, -0.25) is 9.78 Å². The van der Waals surface area contributed by atoms with E-state index in [1.165, 1.54) is 0 Å². The number of aromatic amines is 2. The quantitative estimate of drug-likeness (QED) is 0.509. The van der Waals surface area contributed by atoms with Gasteiger partial charge >= 0.3 is 0 Å². The minimum atomic E-state index is -3.00. The molecule has 0 amide bonds. The van der Waals surface area contributed by atoms with Crippen molar-refractivity contribution in [2.24, 2.45) is 0 Å². The summed E-state index contributed by atoms with van der Waals surface area (Å²) in [6.07, 6.45) is 0.384. The van der Waals surface area contributed by atoms with Gasteiger partial charge in [0.15, 0.2) is 21.0 Å². The number of sulfone groups is 1. The fourth-order valence-corrected chi connectivity index (χ4v) is 3.74. The van der Waals surface area contributed by atoms with Crippen molar-refractivity contribution in [2.45, 2.75) is 12.5 Å². The van der Waals surface area contributed by atoms with Gasteiger partial charge in [-0.15, -0.1) is 0 Å². The predicted octanol–water partition coefficient (Wildman–Crippen LogP) is -1.84. The van der Waals surface area contributed by atoms with Crippen LogP contribution < -0.4 is 16.6 Å². The highest BCUT2D eigenvalue weighted by Crippen LogP contribution is 2.10. The van der Waals surface area contributed by atoms with E-state index in [1.54, 1.807) is 0 Å². The second-order valence-electron chi connectivity index (χ2n) is 4.80. The number of anilines is 1. The summed E-state index contributed by atoms with van der Waals surface area (Å²) in [4.78, 5) is 25.0. The minimum Gasteiger partial charge on any atom is -0.369 e. The smallest absolute Gasteiger partial charge is 0.278 e. The lowest BCUT2D eigenvalue weighted by Crippen LogP contribution is -2.46. The van der Waals surface area contributed by atoms with E-state index in [9.17, 15) is 13.2 Å². The molecule has 10 heteroatoms. The molecular formula is C10H14N6O3S. The van der Waals surface area contributed by atoms with Crippen LogP contribution in [0.25, 0.3) is 11.2 Å². The predicted molar refractivity (Wildman–Crippen MR) is 73.1 cm³/mol. The van der Waals surface area contributed by atoms with Gasteiger partial charge in [-0.05, 0) is 0 Å². The van der Waals surface area contributed by atoms with Crippen molar-refractivity contribution in [3.8, 4) is 0 Å². The summed E-state index contributed by atoms with van der Waals surface area (Å²) in [5.74, 6) is 0.731. The van der Waals surface area contributed by atoms with E-state index in [0.29, 0.717) is 18.8 Å². The van der Waals surface area contributed by atoms with Crippen LogP contribution in [0, 0.1) is 0 Å². The Bertz CT molecular complexity index is 808. The summed E-state index contributed by atoms with van der Waals surface area (Å²) in [7, 11) is -3.00. The lowest BCUT2D eigenvalue weighted by atomic mass is 10.2. The Kier molecular flexibility index (Phi) is 2.98. The molecular weight excluding hydrogens is 284 g/mol. The third kappa shape index (κ3) is 2.51. The SMILES string of the molecule is Nc1nc2nc(CC3CS(=O)(=O)CCN3)[nH]c2c(=O)[nH]1. The van der Waals surface area contributed by atoms with Crippen LogP contribution in [-0.4, -0.2) is 52.4 Å². The van der Waals surface area contributed by atoms with Crippen molar-refractivity contribution in [2.75, 3.05) is 23.8 Å². The lowest BCUT2D eigenvalue weighted by molar-refractivity contribution is 0.510. The molecule has 0 saturated carbocycles. The van der Waals surface area contributed by atoms with Crippen molar-refractivity contribution >= 4 is 26.9 Å².